The molecule has 6 nitrogen and oxygen atoms in total. The highest BCUT2D eigenvalue weighted by atomic mass is 16.2. The van der Waals surface area contributed by atoms with Crippen molar-refractivity contribution in [2.45, 2.75) is 32.1 Å². The molecule has 2 aromatic rings. The lowest BCUT2D eigenvalue weighted by Crippen LogP contribution is -2.36. The topological polar surface area (TPSA) is 95.0 Å². The van der Waals surface area contributed by atoms with E-state index in [1.807, 2.05) is 0 Å². The van der Waals surface area contributed by atoms with Crippen molar-refractivity contribution in [1.82, 2.24) is 9.55 Å². The second-order valence-corrected chi connectivity index (χ2v) is 4.44. The minimum absolute atomic E-state index is 0.210. The number of nitrogens with zero attached hydrogens (tertiary/aromatic N) is 2. The first-order valence-corrected chi connectivity index (χ1v) is 5.92. The molecule has 0 radical (unpaired) electrons. The average molecular weight is 294 g/mol. The first kappa shape index (κ1) is 6.51. The predicted octanol–water partition coefficient (Wildman–Crippen LogP) is 1.15. The number of carbonyl (C=O) groups is 2. The maximum Gasteiger partial charge on any atom is 0.264 e. The van der Waals surface area contributed by atoms with E-state index >= 15 is 0 Å². The largest absolute Gasteiger partial charge is 0.398 e. The van der Waals surface area contributed by atoms with Crippen molar-refractivity contribution >= 4 is 28.2 Å². The fourth-order valence-electron chi connectivity index (χ4n) is 2.12. The standard InChI is InChI=1S/C15H15N3O3/c1-8-17-11-4-2-3-10(16)14(11)15(21)18(8)12-6-5-9(19)7-13(12)20/h2-4,12H,5-7,16H2,1H3/i1D3,2D,4D,5D2,6D2. The molecule has 1 fully saturated rings. The van der Waals surface area contributed by atoms with Gasteiger partial charge in [-0.1, -0.05) is 6.04 Å². The summed E-state index contributed by atoms with van der Waals surface area (Å²) in [7, 11) is 0. The summed E-state index contributed by atoms with van der Waals surface area (Å²) in [6.07, 6.45) is -7.53. The van der Waals surface area contributed by atoms with Crippen LogP contribution in [0.3, 0.4) is 0 Å². The number of nitrogens with two attached hydrogens (primary N) is 1. The molecular weight excluding hydrogens is 270 g/mol. The van der Waals surface area contributed by atoms with Gasteiger partial charge in [0.25, 0.3) is 5.56 Å². The number of rotatable bonds is 1. The van der Waals surface area contributed by atoms with E-state index in [4.69, 9.17) is 18.1 Å². The Hall–Kier alpha value is -2.50. The van der Waals surface area contributed by atoms with E-state index in [-0.39, 0.29) is 10.3 Å². The minimum Gasteiger partial charge on any atom is -0.398 e. The minimum atomic E-state index is -3.29. The zero-order valence-corrected chi connectivity index (χ0v) is 10.6. The summed E-state index contributed by atoms with van der Waals surface area (Å²) < 4.78 is 70.7. The average Bonchev–Trinajstić information content (AvgIpc) is 2.58. The summed E-state index contributed by atoms with van der Waals surface area (Å²) in [6, 6.07) is -2.40. The summed E-state index contributed by atoms with van der Waals surface area (Å²) in [5.74, 6) is -3.61. The van der Waals surface area contributed by atoms with E-state index in [0.717, 1.165) is 6.07 Å². The summed E-state index contributed by atoms with van der Waals surface area (Å²) in [5, 5.41) is -0.509. The van der Waals surface area contributed by atoms with Crippen LogP contribution in [0.15, 0.2) is 22.9 Å². The lowest BCUT2D eigenvalue weighted by atomic mass is 9.92. The zero-order valence-electron chi connectivity index (χ0n) is 19.6. The second kappa shape index (κ2) is 4.80. The Bertz CT molecular complexity index is 1170. The molecule has 0 aliphatic heterocycles. The molecular formula is C15H15N3O3. The van der Waals surface area contributed by atoms with Gasteiger partial charge in [-0.15, -0.1) is 0 Å². The number of carbonyl (C=O) groups excluding carboxylic acids is 2. The van der Waals surface area contributed by atoms with E-state index in [0.29, 0.717) is 0 Å². The van der Waals surface area contributed by atoms with Crippen LogP contribution in [0, 0.1) is 6.85 Å². The Labute approximate surface area is 133 Å². The number of aromatic nitrogens is 2. The van der Waals surface area contributed by atoms with Gasteiger partial charge in [-0.25, -0.2) is 4.98 Å². The quantitative estimate of drug-likeness (QED) is 0.629. The SMILES string of the molecule is [2H]c1cc(N)c2c(=O)n(C3C(=O)CC(=O)C([2H])([2H])C3([2H])[2H])c(C([2H])([2H])[2H])nc2c1[2H]. The molecule has 0 spiro atoms. The highest BCUT2D eigenvalue weighted by Crippen LogP contribution is 2.24. The first-order valence-electron chi connectivity index (χ1n) is 10.4. The fourth-order valence-corrected chi connectivity index (χ4v) is 2.12. The van der Waals surface area contributed by atoms with Crippen LogP contribution in [-0.2, 0) is 9.59 Å². The Kier molecular flexibility index (Phi) is 1.49. The number of aryl methyl sites for hydroxylation is 1. The third kappa shape index (κ3) is 2.12. The van der Waals surface area contributed by atoms with Crippen molar-refractivity contribution < 1.29 is 21.9 Å². The number of anilines is 1. The molecule has 1 atom stereocenters. The zero-order chi connectivity index (χ0) is 23.0. The molecule has 2 N–H and O–H groups in total. The highest BCUT2D eigenvalue weighted by Gasteiger charge is 2.30. The van der Waals surface area contributed by atoms with Crippen LogP contribution in [0.2, 0.25) is 0 Å². The van der Waals surface area contributed by atoms with Gasteiger partial charge in [-0.3, -0.25) is 19.0 Å². The van der Waals surface area contributed by atoms with E-state index in [1.54, 1.807) is 0 Å². The normalized spacial score (nSPS) is 30.9. The van der Waals surface area contributed by atoms with Crippen molar-refractivity contribution in [3.05, 3.63) is 34.3 Å². The van der Waals surface area contributed by atoms with Crippen LogP contribution in [-0.4, -0.2) is 21.1 Å². The summed E-state index contributed by atoms with van der Waals surface area (Å²) in [4.78, 5) is 41.5. The van der Waals surface area contributed by atoms with Crippen molar-refractivity contribution in [2.75, 3.05) is 5.73 Å². The third-order valence-electron chi connectivity index (χ3n) is 3.07. The Balaban J connectivity index is 2.52. The summed E-state index contributed by atoms with van der Waals surface area (Å²) in [5.41, 5.74) is 3.60. The van der Waals surface area contributed by atoms with Crippen LogP contribution in [0.25, 0.3) is 10.9 Å². The van der Waals surface area contributed by atoms with Crippen molar-refractivity contribution in [2.24, 2.45) is 0 Å². The lowest BCUT2D eigenvalue weighted by molar-refractivity contribution is -0.132. The molecule has 0 bridgehead atoms. The Morgan fingerprint density at radius 1 is 1.52 bits per heavy atom. The van der Waals surface area contributed by atoms with Crippen LogP contribution >= 0.6 is 0 Å². The van der Waals surface area contributed by atoms with Gasteiger partial charge in [-0.05, 0) is 25.3 Å². The van der Waals surface area contributed by atoms with E-state index < -0.39 is 78.0 Å². The van der Waals surface area contributed by atoms with E-state index in [9.17, 15) is 14.4 Å². The fraction of sp³-hybridized carbons (Fsp3) is 0.333. The number of nitrogen functional groups attached to an aromatic ring is 1. The highest BCUT2D eigenvalue weighted by molar-refractivity contribution is 6.03. The monoisotopic (exact) mass is 294 g/mol. The molecule has 1 aromatic heterocycles. The maximum absolute atomic E-state index is 13.2. The second-order valence-electron chi connectivity index (χ2n) is 4.44. The number of ketones is 2. The molecule has 0 saturated heterocycles. The smallest absolute Gasteiger partial charge is 0.264 e. The molecule has 1 heterocycles. The van der Waals surface area contributed by atoms with Crippen molar-refractivity contribution in [3.63, 3.8) is 0 Å². The van der Waals surface area contributed by atoms with Crippen LogP contribution in [0.4, 0.5) is 5.69 Å². The van der Waals surface area contributed by atoms with Gasteiger partial charge in [0.1, 0.15) is 11.6 Å². The molecule has 21 heavy (non-hydrogen) atoms. The summed E-state index contributed by atoms with van der Waals surface area (Å²) in [6.45, 7) is -3.18. The van der Waals surface area contributed by atoms with E-state index in [2.05, 4.69) is 4.98 Å². The molecule has 1 aromatic carbocycles. The number of Topliss-reactive ketones (excluding diaryl/α,β-unsaturated/α-hetero) is 2. The number of benzene rings is 1. The van der Waals surface area contributed by atoms with Gasteiger partial charge in [-0.2, -0.15) is 0 Å². The molecule has 1 aliphatic rings. The van der Waals surface area contributed by atoms with Gasteiger partial charge in [0.05, 0.1) is 26.1 Å². The Morgan fingerprint density at radius 2 is 2.33 bits per heavy atom. The maximum atomic E-state index is 13.2. The van der Waals surface area contributed by atoms with Crippen LogP contribution in [0.5, 0.6) is 0 Å². The molecule has 1 saturated carbocycles. The molecule has 6 heteroatoms. The molecule has 108 valence electrons. The number of hydrogen-bond donors (Lipinski definition) is 1. The lowest BCUT2D eigenvalue weighted by Gasteiger charge is -2.24. The first-order chi connectivity index (χ1) is 13.5. The summed E-state index contributed by atoms with van der Waals surface area (Å²) >= 11 is 0. The van der Waals surface area contributed by atoms with Crippen LogP contribution in [0.1, 0.15) is 43.4 Å². The van der Waals surface area contributed by atoms with Crippen molar-refractivity contribution in [1.29, 1.82) is 0 Å². The molecule has 3 rings (SSSR count). The van der Waals surface area contributed by atoms with Gasteiger partial charge in [0.15, 0.2) is 5.78 Å². The van der Waals surface area contributed by atoms with Crippen molar-refractivity contribution in [3.8, 4) is 0 Å². The molecule has 0 amide bonds. The number of hydrogen-bond acceptors (Lipinski definition) is 5. The van der Waals surface area contributed by atoms with E-state index in [1.165, 1.54) is 0 Å². The third-order valence-corrected chi connectivity index (χ3v) is 3.07. The molecule has 1 aliphatic carbocycles. The van der Waals surface area contributed by atoms with Gasteiger partial charge < -0.3 is 5.73 Å². The Morgan fingerprint density at radius 3 is 3.10 bits per heavy atom. The number of fused-ring (bicyclic) bond motifs is 1. The molecule has 1 unspecified atom stereocenters. The van der Waals surface area contributed by atoms with Crippen LogP contribution < -0.4 is 11.3 Å². The van der Waals surface area contributed by atoms with Gasteiger partial charge >= 0.3 is 0 Å². The van der Waals surface area contributed by atoms with Gasteiger partial charge in [0.2, 0.25) is 0 Å². The predicted molar refractivity (Wildman–Crippen MR) is 78.1 cm³/mol. The van der Waals surface area contributed by atoms with Gasteiger partial charge in [0, 0.05) is 21.7 Å².